The summed E-state index contributed by atoms with van der Waals surface area (Å²) in [5, 5.41) is 14.0. The molecule has 0 saturated carbocycles. The van der Waals surface area contributed by atoms with Gasteiger partial charge >= 0.3 is 5.97 Å². The van der Waals surface area contributed by atoms with Crippen LogP contribution in [0.2, 0.25) is 10.0 Å². The van der Waals surface area contributed by atoms with Gasteiger partial charge in [-0.05, 0) is 26.0 Å². The highest BCUT2D eigenvalue weighted by Crippen LogP contribution is 2.32. The molecule has 0 atom stereocenters. The van der Waals surface area contributed by atoms with Gasteiger partial charge < -0.3 is 18.9 Å². The van der Waals surface area contributed by atoms with Crippen molar-refractivity contribution in [3.05, 3.63) is 67.6 Å². The lowest BCUT2D eigenvalue weighted by Crippen LogP contribution is -2.22. The van der Waals surface area contributed by atoms with Gasteiger partial charge in [-0.15, -0.1) is 0 Å². The van der Waals surface area contributed by atoms with E-state index in [1.54, 1.807) is 29.7 Å². The number of benzene rings is 1. The molecular weight excluding hydrogens is 407 g/mol. The summed E-state index contributed by atoms with van der Waals surface area (Å²) < 4.78 is 12.4. The zero-order valence-corrected chi connectivity index (χ0v) is 16.5. The molecule has 0 spiro atoms. The highest BCUT2D eigenvalue weighted by molar-refractivity contribution is 6.42. The van der Waals surface area contributed by atoms with Crippen LogP contribution in [-0.4, -0.2) is 20.8 Å². The maximum absolute atomic E-state index is 12.5. The number of halogens is 2. The number of pyridine rings is 1. The molecule has 0 amide bonds. The minimum atomic E-state index is -1.34. The Balaban J connectivity index is 2.16. The Morgan fingerprint density at radius 1 is 1.25 bits per heavy atom. The van der Waals surface area contributed by atoms with Crippen molar-refractivity contribution in [2.24, 2.45) is 0 Å². The fraction of sp³-hybridized carbons (Fsp3) is 0.211. The number of hydrogen-bond donors (Lipinski definition) is 1. The molecule has 0 aliphatic rings. The van der Waals surface area contributed by atoms with E-state index < -0.39 is 11.4 Å². The fourth-order valence-corrected chi connectivity index (χ4v) is 3.14. The van der Waals surface area contributed by atoms with E-state index in [-0.39, 0.29) is 28.8 Å². The number of nitrogens with zero attached hydrogens (tertiary/aromatic N) is 2. The molecule has 0 unspecified atom stereocenters. The second-order valence-electron chi connectivity index (χ2n) is 5.97. The summed E-state index contributed by atoms with van der Waals surface area (Å²) in [5.41, 5.74) is 0.269. The topological polar surface area (TPSA) is 94.6 Å². The number of carboxylic acids is 1. The third-order valence-corrected chi connectivity index (χ3v) is 4.77. The van der Waals surface area contributed by atoms with E-state index in [0.29, 0.717) is 28.6 Å². The molecule has 1 aromatic carbocycles. The van der Waals surface area contributed by atoms with Crippen LogP contribution in [0.15, 0.2) is 39.6 Å². The largest absolute Gasteiger partial charge is 0.477 e. The maximum Gasteiger partial charge on any atom is 0.341 e. The Labute approximate surface area is 170 Å². The molecular formula is C19H16Cl2N2O5. The van der Waals surface area contributed by atoms with Gasteiger partial charge in [-0.1, -0.05) is 34.4 Å². The van der Waals surface area contributed by atoms with Crippen LogP contribution in [0.25, 0.3) is 11.3 Å². The predicted molar refractivity (Wildman–Crippen MR) is 104 cm³/mol. The van der Waals surface area contributed by atoms with Crippen molar-refractivity contribution in [1.29, 1.82) is 0 Å². The average molecular weight is 423 g/mol. The molecule has 0 aliphatic carbocycles. The number of aromatic carboxylic acids is 1. The molecule has 7 nitrogen and oxygen atoms in total. The van der Waals surface area contributed by atoms with Gasteiger partial charge in [0, 0.05) is 24.2 Å². The van der Waals surface area contributed by atoms with Gasteiger partial charge in [0.05, 0.1) is 21.4 Å². The van der Waals surface area contributed by atoms with E-state index in [1.165, 1.54) is 6.07 Å². The maximum atomic E-state index is 12.5. The SMILES string of the molecule is CCn1c(OCc2cc(C)no2)cc(=O)c(C(=O)O)c1-c1ccc(Cl)c(Cl)c1. The van der Waals surface area contributed by atoms with E-state index in [4.69, 9.17) is 32.5 Å². The fourth-order valence-electron chi connectivity index (χ4n) is 2.84. The van der Waals surface area contributed by atoms with Crippen molar-refractivity contribution in [1.82, 2.24) is 9.72 Å². The lowest BCUT2D eigenvalue weighted by Gasteiger charge is -2.19. The summed E-state index contributed by atoms with van der Waals surface area (Å²) in [7, 11) is 0. The normalized spacial score (nSPS) is 10.9. The van der Waals surface area contributed by atoms with Gasteiger partial charge in [0.2, 0.25) is 5.43 Å². The Morgan fingerprint density at radius 3 is 2.57 bits per heavy atom. The first kappa shape index (κ1) is 20.0. The van der Waals surface area contributed by atoms with Crippen LogP contribution in [0, 0.1) is 6.92 Å². The lowest BCUT2D eigenvalue weighted by atomic mass is 10.0. The zero-order valence-electron chi connectivity index (χ0n) is 15.0. The molecule has 3 rings (SSSR count). The molecule has 0 aliphatic heterocycles. The first-order chi connectivity index (χ1) is 13.3. The summed E-state index contributed by atoms with van der Waals surface area (Å²) in [6.45, 7) is 3.97. The van der Waals surface area contributed by atoms with Crippen molar-refractivity contribution in [3.8, 4) is 17.1 Å². The molecule has 2 heterocycles. The zero-order chi connectivity index (χ0) is 20.4. The smallest absolute Gasteiger partial charge is 0.341 e. The van der Waals surface area contributed by atoms with Crippen molar-refractivity contribution in [2.75, 3.05) is 0 Å². The number of carboxylic acid groups (broad SMARTS) is 1. The molecule has 28 heavy (non-hydrogen) atoms. The predicted octanol–water partition coefficient (Wildman–Crippen LogP) is 4.42. The van der Waals surface area contributed by atoms with Crippen LogP contribution in [0.5, 0.6) is 5.88 Å². The average Bonchev–Trinajstić information content (AvgIpc) is 3.06. The molecule has 9 heteroatoms. The van der Waals surface area contributed by atoms with Gasteiger partial charge in [0.1, 0.15) is 5.56 Å². The first-order valence-electron chi connectivity index (χ1n) is 8.33. The summed E-state index contributed by atoms with van der Waals surface area (Å²) in [5.74, 6) is -0.663. The van der Waals surface area contributed by atoms with E-state index in [2.05, 4.69) is 5.16 Å². The van der Waals surface area contributed by atoms with E-state index >= 15 is 0 Å². The molecule has 1 N–H and O–H groups in total. The summed E-state index contributed by atoms with van der Waals surface area (Å²) in [6, 6.07) is 7.52. The second-order valence-corrected chi connectivity index (χ2v) is 6.79. The summed E-state index contributed by atoms with van der Waals surface area (Å²) >= 11 is 12.1. The monoisotopic (exact) mass is 422 g/mol. The Kier molecular flexibility index (Phi) is 5.76. The van der Waals surface area contributed by atoms with E-state index in [9.17, 15) is 14.7 Å². The number of rotatable bonds is 6. The third-order valence-electron chi connectivity index (χ3n) is 4.04. The van der Waals surface area contributed by atoms with Crippen LogP contribution < -0.4 is 10.2 Å². The first-order valence-corrected chi connectivity index (χ1v) is 9.09. The molecule has 3 aromatic rings. The minimum Gasteiger partial charge on any atom is -0.477 e. The van der Waals surface area contributed by atoms with Gasteiger partial charge in [-0.3, -0.25) is 4.79 Å². The number of hydrogen-bond acceptors (Lipinski definition) is 5. The quantitative estimate of drug-likeness (QED) is 0.631. The van der Waals surface area contributed by atoms with Crippen LogP contribution in [0.3, 0.4) is 0 Å². The summed E-state index contributed by atoms with van der Waals surface area (Å²) in [6.07, 6.45) is 0. The summed E-state index contributed by atoms with van der Waals surface area (Å²) in [4.78, 5) is 24.3. The van der Waals surface area contributed by atoms with E-state index in [0.717, 1.165) is 6.07 Å². The molecule has 0 saturated heterocycles. The van der Waals surface area contributed by atoms with Crippen molar-refractivity contribution >= 4 is 29.2 Å². The number of aromatic nitrogens is 2. The molecule has 0 radical (unpaired) electrons. The number of aryl methyl sites for hydroxylation is 1. The van der Waals surface area contributed by atoms with Gasteiger partial charge in [0.25, 0.3) is 0 Å². The minimum absolute atomic E-state index is 0.0352. The van der Waals surface area contributed by atoms with Gasteiger partial charge in [-0.2, -0.15) is 0 Å². The van der Waals surface area contributed by atoms with Crippen LogP contribution >= 0.6 is 23.2 Å². The standard InChI is InChI=1S/C19H16Cl2N2O5/c1-3-23-16(27-9-12-6-10(2)22-28-12)8-15(24)17(19(25)26)18(23)11-4-5-13(20)14(21)7-11/h4-8H,3,9H2,1-2H3,(H,25,26). The molecule has 0 bridgehead atoms. The van der Waals surface area contributed by atoms with E-state index in [1.807, 2.05) is 6.92 Å². The second kappa shape index (κ2) is 8.08. The highest BCUT2D eigenvalue weighted by Gasteiger charge is 2.23. The van der Waals surface area contributed by atoms with Crippen LogP contribution in [0.1, 0.15) is 28.7 Å². The highest BCUT2D eigenvalue weighted by atomic mass is 35.5. The molecule has 146 valence electrons. The number of ether oxygens (including phenoxy) is 1. The number of carbonyl (C=O) groups is 1. The van der Waals surface area contributed by atoms with Crippen LogP contribution in [0.4, 0.5) is 0 Å². The Bertz CT molecular complexity index is 1100. The Hall–Kier alpha value is -2.77. The van der Waals surface area contributed by atoms with Crippen LogP contribution in [-0.2, 0) is 13.2 Å². The van der Waals surface area contributed by atoms with Crippen molar-refractivity contribution < 1.29 is 19.2 Å². The molecule has 0 fully saturated rings. The van der Waals surface area contributed by atoms with Gasteiger partial charge in [0.15, 0.2) is 18.2 Å². The Morgan fingerprint density at radius 2 is 2.00 bits per heavy atom. The van der Waals surface area contributed by atoms with Crippen molar-refractivity contribution in [3.63, 3.8) is 0 Å². The van der Waals surface area contributed by atoms with Crippen molar-refractivity contribution in [2.45, 2.75) is 27.0 Å². The lowest BCUT2D eigenvalue weighted by molar-refractivity contribution is 0.0695. The van der Waals surface area contributed by atoms with Gasteiger partial charge in [-0.25, -0.2) is 4.79 Å². The third kappa shape index (κ3) is 3.90. The molecule has 2 aromatic heterocycles.